The molecule has 29 heavy (non-hydrogen) atoms. The highest BCUT2D eigenvalue weighted by Gasteiger charge is 2.78. The van der Waals surface area contributed by atoms with E-state index in [2.05, 4.69) is 0 Å². The number of hydrogen-bond acceptors (Lipinski definition) is 6. The number of methoxy groups -OCH3 is 1. The fourth-order valence-electron chi connectivity index (χ4n) is 5.03. The number of hydrogen-bond donors (Lipinski definition) is 0. The van der Waals surface area contributed by atoms with Crippen LogP contribution in [-0.4, -0.2) is 30.6 Å². The summed E-state index contributed by atoms with van der Waals surface area (Å²) in [6.07, 6.45) is 0.692. The van der Waals surface area contributed by atoms with Crippen LogP contribution in [-0.2, 0) is 19.1 Å². The molecule has 2 aromatic carbocycles. The highest BCUT2D eigenvalue weighted by atomic mass is 16.5. The average Bonchev–Trinajstić information content (AvgIpc) is 2.99. The van der Waals surface area contributed by atoms with Gasteiger partial charge in [-0.1, -0.05) is 51.1 Å². The molecule has 0 N–H and O–H groups in total. The van der Waals surface area contributed by atoms with Crippen molar-refractivity contribution in [3.05, 3.63) is 42.0 Å². The molecule has 0 saturated heterocycles. The molecule has 2 fully saturated rings. The summed E-state index contributed by atoms with van der Waals surface area (Å²) < 4.78 is 10.6. The molecule has 6 nitrogen and oxygen atoms in total. The summed E-state index contributed by atoms with van der Waals surface area (Å²) >= 11 is 0. The number of ketones is 2. The number of benzene rings is 2. The number of ether oxygens (including phenoxy) is 2. The van der Waals surface area contributed by atoms with Crippen LogP contribution in [0.3, 0.4) is 0 Å². The van der Waals surface area contributed by atoms with E-state index >= 15 is 0 Å². The topological polar surface area (TPSA) is 86.7 Å². The lowest BCUT2D eigenvalue weighted by Crippen LogP contribution is -2.47. The van der Waals surface area contributed by atoms with Crippen LogP contribution in [0.5, 0.6) is 5.75 Å². The van der Waals surface area contributed by atoms with Gasteiger partial charge in [-0.15, -0.1) is 0 Å². The Bertz CT molecular complexity index is 1100. The molecule has 2 aliphatic rings. The van der Waals surface area contributed by atoms with Gasteiger partial charge in [0.15, 0.2) is 5.75 Å². The van der Waals surface area contributed by atoms with Crippen molar-refractivity contribution >= 4 is 34.3 Å². The van der Waals surface area contributed by atoms with Crippen LogP contribution in [0.4, 0.5) is 0 Å². The lowest BCUT2D eigenvalue weighted by Gasteiger charge is -2.36. The van der Waals surface area contributed by atoms with E-state index in [9.17, 15) is 19.2 Å². The Morgan fingerprint density at radius 1 is 0.931 bits per heavy atom. The molecule has 2 aliphatic carbocycles. The lowest BCUT2D eigenvalue weighted by molar-refractivity contribution is -0.157. The van der Waals surface area contributed by atoms with Gasteiger partial charge in [-0.2, -0.15) is 0 Å². The zero-order valence-corrected chi connectivity index (χ0v) is 16.8. The molecule has 2 bridgehead atoms. The van der Waals surface area contributed by atoms with Gasteiger partial charge in [0.25, 0.3) is 0 Å². The number of esters is 2. The largest absolute Gasteiger partial charge is 0.465 e. The Balaban J connectivity index is 1.86. The number of rotatable bonds is 3. The van der Waals surface area contributed by atoms with Crippen molar-refractivity contribution < 1.29 is 28.7 Å². The second-order valence-electron chi connectivity index (χ2n) is 8.57. The van der Waals surface area contributed by atoms with E-state index in [0.29, 0.717) is 11.8 Å². The molecule has 0 aromatic heterocycles. The zero-order chi connectivity index (χ0) is 21.2. The highest BCUT2D eigenvalue weighted by Crippen LogP contribution is 2.69. The van der Waals surface area contributed by atoms with Crippen LogP contribution >= 0.6 is 0 Å². The first kappa shape index (κ1) is 19.3. The molecule has 6 heteroatoms. The Hall–Kier alpha value is -3.02. The number of carbonyl (C=O) groups excluding carboxylic acids is 4. The van der Waals surface area contributed by atoms with E-state index in [1.54, 1.807) is 39.0 Å². The van der Waals surface area contributed by atoms with Crippen molar-refractivity contribution in [1.82, 2.24) is 0 Å². The molecule has 2 aromatic rings. The predicted molar refractivity (Wildman–Crippen MR) is 104 cm³/mol. The maximum Gasteiger partial charge on any atom is 0.341 e. The smallest absolute Gasteiger partial charge is 0.341 e. The standard InChI is InChI=1S/C23H22O6/c1-21(2)22(3)11-12-23(21,18(25)17(22)24)20(27)29-16-14-8-6-5-7-13(14)9-10-15(16)19(26)28-4/h5-10H,11-12H2,1-4H3. The lowest BCUT2D eigenvalue weighted by atomic mass is 9.65. The SMILES string of the molecule is COC(=O)c1ccc2ccccc2c1OC(=O)C12CCC(C)(C(=O)C1=O)C2(C)C. The summed E-state index contributed by atoms with van der Waals surface area (Å²) in [7, 11) is 1.24. The molecule has 4 rings (SSSR count). The quantitative estimate of drug-likeness (QED) is 0.343. The maximum atomic E-state index is 13.5. The molecule has 2 unspecified atom stereocenters. The molecule has 0 amide bonds. The summed E-state index contributed by atoms with van der Waals surface area (Å²) in [5.41, 5.74) is -3.25. The van der Waals surface area contributed by atoms with E-state index in [0.717, 1.165) is 5.39 Å². The second-order valence-corrected chi connectivity index (χ2v) is 8.57. The summed E-state index contributed by atoms with van der Waals surface area (Å²) in [5, 5.41) is 1.32. The normalized spacial score (nSPS) is 27.3. The average molecular weight is 394 g/mol. The number of fused-ring (bicyclic) bond motifs is 3. The number of carbonyl (C=O) groups is 4. The van der Waals surface area contributed by atoms with E-state index in [4.69, 9.17) is 9.47 Å². The second kappa shape index (κ2) is 5.99. The third-order valence-corrected chi connectivity index (χ3v) is 7.37. The Labute approximate surface area is 168 Å². The highest BCUT2D eigenvalue weighted by molar-refractivity contribution is 6.48. The molecule has 0 heterocycles. The van der Waals surface area contributed by atoms with Crippen molar-refractivity contribution in [3.8, 4) is 5.75 Å². The van der Waals surface area contributed by atoms with Gasteiger partial charge >= 0.3 is 11.9 Å². The summed E-state index contributed by atoms with van der Waals surface area (Å²) in [4.78, 5) is 51.4. The first-order valence-electron chi connectivity index (χ1n) is 9.53. The van der Waals surface area contributed by atoms with Crippen molar-refractivity contribution in [1.29, 1.82) is 0 Å². The first-order valence-corrected chi connectivity index (χ1v) is 9.53. The third-order valence-electron chi connectivity index (χ3n) is 7.37. The molecule has 150 valence electrons. The summed E-state index contributed by atoms with van der Waals surface area (Å²) in [6, 6.07) is 10.4. The predicted octanol–water partition coefficient (Wildman–Crippen LogP) is 3.50. The van der Waals surface area contributed by atoms with Crippen LogP contribution in [0.25, 0.3) is 10.8 Å². The fourth-order valence-corrected chi connectivity index (χ4v) is 5.03. The molecular weight excluding hydrogens is 372 g/mol. The minimum atomic E-state index is -1.55. The van der Waals surface area contributed by atoms with Crippen molar-refractivity contribution in [2.75, 3.05) is 7.11 Å². The van der Waals surface area contributed by atoms with E-state index < -0.39 is 39.8 Å². The zero-order valence-electron chi connectivity index (χ0n) is 16.8. The van der Waals surface area contributed by atoms with Gasteiger partial charge in [0.05, 0.1) is 7.11 Å². The molecule has 0 spiro atoms. The van der Waals surface area contributed by atoms with E-state index in [1.807, 2.05) is 12.1 Å². The maximum absolute atomic E-state index is 13.5. The Morgan fingerprint density at radius 3 is 2.24 bits per heavy atom. The number of Topliss-reactive ketones (excluding diaryl/α,β-unsaturated/α-hetero) is 2. The molecular formula is C23H22O6. The monoisotopic (exact) mass is 394 g/mol. The fraction of sp³-hybridized carbons (Fsp3) is 0.391. The van der Waals surface area contributed by atoms with Gasteiger partial charge in [-0.05, 0) is 24.3 Å². The minimum Gasteiger partial charge on any atom is -0.465 e. The molecule has 2 atom stereocenters. The summed E-state index contributed by atoms with van der Waals surface area (Å²) in [5.74, 6) is -2.60. The summed E-state index contributed by atoms with van der Waals surface area (Å²) in [6.45, 7) is 5.29. The van der Waals surface area contributed by atoms with E-state index in [-0.39, 0.29) is 17.7 Å². The Morgan fingerprint density at radius 2 is 1.62 bits per heavy atom. The van der Waals surface area contributed by atoms with Crippen LogP contribution in [0, 0.1) is 16.2 Å². The first-order chi connectivity index (χ1) is 13.6. The van der Waals surface area contributed by atoms with Crippen LogP contribution in [0.1, 0.15) is 44.0 Å². The molecule has 2 saturated carbocycles. The Kier molecular flexibility index (Phi) is 3.99. The van der Waals surface area contributed by atoms with E-state index in [1.165, 1.54) is 13.2 Å². The van der Waals surface area contributed by atoms with Crippen LogP contribution in [0.15, 0.2) is 36.4 Å². The van der Waals surface area contributed by atoms with Gasteiger partial charge in [0.2, 0.25) is 11.6 Å². The molecule has 0 aliphatic heterocycles. The van der Waals surface area contributed by atoms with Gasteiger partial charge in [0, 0.05) is 16.2 Å². The third kappa shape index (κ3) is 2.17. The van der Waals surface area contributed by atoms with Gasteiger partial charge in [-0.25, -0.2) is 4.79 Å². The van der Waals surface area contributed by atoms with Crippen molar-refractivity contribution in [2.24, 2.45) is 16.2 Å². The van der Waals surface area contributed by atoms with Crippen molar-refractivity contribution in [2.45, 2.75) is 33.6 Å². The van der Waals surface area contributed by atoms with Gasteiger partial charge in [-0.3, -0.25) is 14.4 Å². The van der Waals surface area contributed by atoms with Crippen LogP contribution in [0.2, 0.25) is 0 Å². The van der Waals surface area contributed by atoms with Crippen molar-refractivity contribution in [3.63, 3.8) is 0 Å². The van der Waals surface area contributed by atoms with Crippen LogP contribution < -0.4 is 4.74 Å². The molecule has 0 radical (unpaired) electrons. The van der Waals surface area contributed by atoms with Gasteiger partial charge < -0.3 is 9.47 Å². The minimum absolute atomic E-state index is 0.0471. The van der Waals surface area contributed by atoms with Gasteiger partial charge in [0.1, 0.15) is 11.0 Å².